The predicted octanol–water partition coefficient (Wildman–Crippen LogP) is 1.90. The third-order valence-corrected chi connectivity index (χ3v) is 5.71. The standard InChI is InChI=1S/C11H15OTe/c12-10(13)11-4-7-1-8(5-11)3-9(2-7)6-11/h7-9H,1-6H2. The van der Waals surface area contributed by atoms with Gasteiger partial charge in [0.25, 0.3) is 0 Å². The van der Waals surface area contributed by atoms with Gasteiger partial charge in [-0.25, -0.2) is 0 Å². The van der Waals surface area contributed by atoms with Crippen LogP contribution >= 0.6 is 0 Å². The van der Waals surface area contributed by atoms with Gasteiger partial charge in [-0.15, -0.1) is 0 Å². The number of hydrogen-bond acceptors (Lipinski definition) is 1. The van der Waals surface area contributed by atoms with Gasteiger partial charge in [-0.1, -0.05) is 0 Å². The second kappa shape index (κ2) is 2.73. The molecule has 0 saturated heterocycles. The summed E-state index contributed by atoms with van der Waals surface area (Å²) in [6.45, 7) is 0. The van der Waals surface area contributed by atoms with Gasteiger partial charge >= 0.3 is 92.6 Å². The molecule has 0 spiro atoms. The van der Waals surface area contributed by atoms with Gasteiger partial charge in [0.05, 0.1) is 0 Å². The zero-order valence-corrected chi connectivity index (χ0v) is 10.1. The Balaban J connectivity index is 1.95. The Morgan fingerprint density at radius 2 is 1.38 bits per heavy atom. The molecule has 71 valence electrons. The van der Waals surface area contributed by atoms with E-state index in [1.54, 1.807) is 22.3 Å². The molecule has 0 amide bonds. The summed E-state index contributed by atoms with van der Waals surface area (Å²) in [6.07, 6.45) is 8.01. The minimum absolute atomic E-state index is 0.166. The van der Waals surface area contributed by atoms with Crippen molar-refractivity contribution in [1.29, 1.82) is 0 Å². The third-order valence-electron chi connectivity index (χ3n) is 4.47. The zero-order valence-electron chi connectivity index (χ0n) is 7.79. The van der Waals surface area contributed by atoms with Crippen LogP contribution < -0.4 is 0 Å². The van der Waals surface area contributed by atoms with Crippen LogP contribution in [0.4, 0.5) is 0 Å². The quantitative estimate of drug-likeness (QED) is 0.674. The van der Waals surface area contributed by atoms with E-state index in [0.29, 0.717) is 3.83 Å². The summed E-state index contributed by atoms with van der Waals surface area (Å²) in [6, 6.07) is 0. The van der Waals surface area contributed by atoms with Gasteiger partial charge in [-0.2, -0.15) is 0 Å². The van der Waals surface area contributed by atoms with Gasteiger partial charge in [0.1, 0.15) is 0 Å². The fourth-order valence-electron chi connectivity index (χ4n) is 4.36. The maximum atomic E-state index is 11.7. The first kappa shape index (κ1) is 8.74. The van der Waals surface area contributed by atoms with Gasteiger partial charge in [-0.05, 0) is 0 Å². The van der Waals surface area contributed by atoms with Crippen LogP contribution in [0.25, 0.3) is 0 Å². The van der Waals surface area contributed by atoms with Crippen molar-refractivity contribution in [2.24, 2.45) is 23.2 Å². The number of carbonyl (C=O) groups is 1. The Bertz CT molecular complexity index is 224. The molecule has 13 heavy (non-hydrogen) atoms. The summed E-state index contributed by atoms with van der Waals surface area (Å²) < 4.78 is 0.502. The van der Waals surface area contributed by atoms with Crippen LogP contribution in [-0.4, -0.2) is 26.1 Å². The molecule has 1 nitrogen and oxygen atoms in total. The molecule has 1 radical (unpaired) electrons. The molecule has 0 N–H and O–H groups in total. The molecule has 4 fully saturated rings. The molecule has 4 rings (SSSR count). The van der Waals surface area contributed by atoms with E-state index in [-0.39, 0.29) is 5.41 Å². The molecule has 0 aliphatic heterocycles. The number of rotatable bonds is 1. The van der Waals surface area contributed by atoms with Gasteiger partial charge < -0.3 is 0 Å². The number of hydrogen-bond donors (Lipinski definition) is 0. The maximum absolute atomic E-state index is 11.7. The number of carbonyl (C=O) groups excluding carboxylic acids is 1. The zero-order chi connectivity index (χ0) is 9.05. The van der Waals surface area contributed by atoms with E-state index >= 15 is 0 Å². The van der Waals surface area contributed by atoms with Crippen molar-refractivity contribution in [2.75, 3.05) is 0 Å². The molecule has 4 aliphatic carbocycles. The molecule has 0 aromatic rings. The molecule has 0 heterocycles. The van der Waals surface area contributed by atoms with Gasteiger partial charge in [0.15, 0.2) is 0 Å². The van der Waals surface area contributed by atoms with Crippen LogP contribution in [0.5, 0.6) is 0 Å². The first-order valence-corrected chi connectivity index (χ1v) is 6.56. The predicted molar refractivity (Wildman–Crippen MR) is 51.4 cm³/mol. The molecular formula is C11H15OTe. The Morgan fingerprint density at radius 3 is 1.69 bits per heavy atom. The fourth-order valence-corrected chi connectivity index (χ4v) is 5.07. The van der Waals surface area contributed by atoms with Gasteiger partial charge in [0.2, 0.25) is 0 Å². The average molecular weight is 291 g/mol. The molecule has 4 bridgehead atoms. The van der Waals surface area contributed by atoms with Crippen molar-refractivity contribution in [3.8, 4) is 0 Å². The van der Waals surface area contributed by atoms with Crippen LogP contribution in [0, 0.1) is 23.2 Å². The second-order valence-electron chi connectivity index (χ2n) is 5.49. The van der Waals surface area contributed by atoms with E-state index in [4.69, 9.17) is 0 Å². The molecule has 0 aromatic carbocycles. The van der Waals surface area contributed by atoms with Crippen molar-refractivity contribution in [2.45, 2.75) is 38.5 Å². The summed E-state index contributed by atoms with van der Waals surface area (Å²) in [7, 11) is 0. The van der Waals surface area contributed by atoms with Crippen molar-refractivity contribution >= 4 is 26.1 Å². The average Bonchev–Trinajstić information content (AvgIpc) is 2.00. The van der Waals surface area contributed by atoms with E-state index in [1.807, 2.05) is 0 Å². The van der Waals surface area contributed by atoms with Crippen molar-refractivity contribution < 1.29 is 4.79 Å². The van der Waals surface area contributed by atoms with Gasteiger partial charge in [-0.3, -0.25) is 0 Å². The van der Waals surface area contributed by atoms with Crippen LogP contribution in [0.1, 0.15) is 38.5 Å². The normalized spacial score (nSPS) is 52.5. The van der Waals surface area contributed by atoms with Crippen LogP contribution in [0.2, 0.25) is 0 Å². The molecular weight excluding hydrogens is 276 g/mol. The second-order valence-corrected chi connectivity index (χ2v) is 6.54. The van der Waals surface area contributed by atoms with E-state index in [2.05, 4.69) is 0 Å². The van der Waals surface area contributed by atoms with E-state index in [1.165, 1.54) is 38.5 Å². The van der Waals surface area contributed by atoms with Crippen molar-refractivity contribution in [3.05, 3.63) is 0 Å². The minimum atomic E-state index is 0.166. The first-order chi connectivity index (χ1) is 6.18. The summed E-state index contributed by atoms with van der Waals surface area (Å²) in [5, 5.41) is 0. The summed E-state index contributed by atoms with van der Waals surface area (Å²) >= 11 is 1.75. The van der Waals surface area contributed by atoms with E-state index in [0.717, 1.165) is 17.8 Å². The summed E-state index contributed by atoms with van der Waals surface area (Å²) in [4.78, 5) is 11.7. The fraction of sp³-hybridized carbons (Fsp3) is 0.909. The molecule has 0 atom stereocenters. The molecule has 4 aliphatic rings. The topological polar surface area (TPSA) is 17.1 Å². The molecule has 0 aromatic heterocycles. The third kappa shape index (κ3) is 1.22. The Hall–Kier alpha value is 0.460. The van der Waals surface area contributed by atoms with E-state index < -0.39 is 0 Å². The Kier molecular flexibility index (Phi) is 1.84. The monoisotopic (exact) mass is 293 g/mol. The molecule has 4 saturated carbocycles. The summed E-state index contributed by atoms with van der Waals surface area (Å²) in [5.41, 5.74) is 0.166. The van der Waals surface area contributed by atoms with Crippen molar-refractivity contribution in [3.63, 3.8) is 0 Å². The van der Waals surface area contributed by atoms with Crippen LogP contribution in [0.3, 0.4) is 0 Å². The first-order valence-electron chi connectivity index (χ1n) is 5.39. The van der Waals surface area contributed by atoms with Gasteiger partial charge in [0, 0.05) is 0 Å². The summed E-state index contributed by atoms with van der Waals surface area (Å²) in [5.74, 6) is 2.74. The Labute approximate surface area is 92.6 Å². The van der Waals surface area contributed by atoms with Crippen LogP contribution in [0.15, 0.2) is 0 Å². The molecule has 2 heteroatoms. The molecule has 0 unspecified atom stereocenters. The van der Waals surface area contributed by atoms with Crippen LogP contribution in [-0.2, 0) is 4.79 Å². The Morgan fingerprint density at radius 1 is 1.00 bits per heavy atom. The SMILES string of the molecule is O=C([Te])C12CC3CC(CC(C3)C1)C2. The van der Waals surface area contributed by atoms with Crippen molar-refractivity contribution in [1.82, 2.24) is 0 Å². The van der Waals surface area contributed by atoms with E-state index in [9.17, 15) is 4.79 Å².